The van der Waals surface area contributed by atoms with Gasteiger partial charge in [-0.15, -0.1) is 0 Å². The second-order valence-electron chi connectivity index (χ2n) is 1.18. The summed E-state index contributed by atoms with van der Waals surface area (Å²) in [4.78, 5) is 2.71. The SMILES string of the molecule is Nc1csc(N)[nH+]1. The van der Waals surface area contributed by atoms with Crippen LogP contribution in [-0.4, -0.2) is 0 Å². The van der Waals surface area contributed by atoms with Crippen molar-refractivity contribution in [3.8, 4) is 0 Å². The van der Waals surface area contributed by atoms with Gasteiger partial charge in [0.1, 0.15) is 0 Å². The summed E-state index contributed by atoms with van der Waals surface area (Å²) >= 11 is 1.40. The predicted octanol–water partition coefficient (Wildman–Crippen LogP) is -0.273. The van der Waals surface area contributed by atoms with Gasteiger partial charge in [0.25, 0.3) is 5.13 Å². The van der Waals surface area contributed by atoms with Crippen LogP contribution in [0, 0.1) is 0 Å². The van der Waals surface area contributed by atoms with Crippen LogP contribution >= 0.6 is 11.3 Å². The van der Waals surface area contributed by atoms with Crippen LogP contribution in [-0.2, 0) is 0 Å². The maximum Gasteiger partial charge on any atom is 0.275 e. The van der Waals surface area contributed by atoms with Gasteiger partial charge in [-0.25, -0.2) is 4.98 Å². The number of nitrogens with one attached hydrogen (secondary N) is 1. The zero-order valence-electron chi connectivity index (χ0n) is 3.64. The molecule has 0 bridgehead atoms. The molecule has 7 heavy (non-hydrogen) atoms. The van der Waals surface area contributed by atoms with E-state index in [-0.39, 0.29) is 0 Å². The van der Waals surface area contributed by atoms with E-state index in [0.717, 1.165) is 0 Å². The predicted molar refractivity (Wildman–Crippen MR) is 29.7 cm³/mol. The van der Waals surface area contributed by atoms with Crippen LogP contribution in [0.5, 0.6) is 0 Å². The Balaban J connectivity index is 3.04. The zero-order chi connectivity index (χ0) is 5.28. The summed E-state index contributed by atoms with van der Waals surface area (Å²) < 4.78 is 0. The van der Waals surface area contributed by atoms with E-state index in [1.807, 2.05) is 0 Å². The molecule has 0 saturated heterocycles. The minimum absolute atomic E-state index is 0.627. The van der Waals surface area contributed by atoms with E-state index >= 15 is 0 Å². The molecule has 0 fully saturated rings. The van der Waals surface area contributed by atoms with Gasteiger partial charge in [-0.05, 0) is 0 Å². The number of hydrogen-bond acceptors (Lipinski definition) is 3. The van der Waals surface area contributed by atoms with Crippen LogP contribution in [0.3, 0.4) is 0 Å². The average Bonchev–Trinajstić information content (AvgIpc) is 1.87. The van der Waals surface area contributed by atoms with Gasteiger partial charge in [-0.3, -0.25) is 0 Å². The Bertz CT molecular complexity index is 142. The van der Waals surface area contributed by atoms with Gasteiger partial charge < -0.3 is 11.5 Å². The first-order chi connectivity index (χ1) is 3.29. The van der Waals surface area contributed by atoms with Crippen molar-refractivity contribution >= 4 is 22.3 Å². The molecule has 0 aliphatic heterocycles. The molecule has 3 nitrogen and oxygen atoms in total. The van der Waals surface area contributed by atoms with E-state index in [0.29, 0.717) is 10.9 Å². The number of H-pyrrole nitrogens is 1. The Morgan fingerprint density at radius 2 is 2.29 bits per heavy atom. The molecule has 0 aliphatic rings. The molecule has 0 radical (unpaired) electrons. The standard InChI is InChI=1S/C3H5N3S/c4-2-1-7-3(5)6-2/h1H,4H2,(H2,5,6)/p+1. The minimum Gasteiger partial charge on any atom is -0.318 e. The lowest BCUT2D eigenvalue weighted by Crippen LogP contribution is -2.08. The number of thiazole rings is 1. The Labute approximate surface area is 45.0 Å². The highest BCUT2D eigenvalue weighted by molar-refractivity contribution is 7.13. The number of nitrogens with two attached hydrogens (primary N) is 2. The van der Waals surface area contributed by atoms with Crippen LogP contribution < -0.4 is 16.5 Å². The minimum atomic E-state index is 0.627. The highest BCUT2D eigenvalue weighted by atomic mass is 32.1. The van der Waals surface area contributed by atoms with Gasteiger partial charge in [0.05, 0.1) is 5.38 Å². The average molecular weight is 116 g/mol. The quantitative estimate of drug-likeness (QED) is 0.490. The molecule has 0 saturated carbocycles. The fourth-order valence-corrected chi connectivity index (χ4v) is 0.818. The first kappa shape index (κ1) is 4.39. The number of hydrogen-bond donors (Lipinski definition) is 2. The number of anilines is 2. The molecular formula is C3H6N3S+. The van der Waals surface area contributed by atoms with Crippen LogP contribution in [0.15, 0.2) is 5.38 Å². The Hall–Kier alpha value is -0.770. The normalized spacial score (nSPS) is 9.14. The molecule has 1 aromatic heterocycles. The highest BCUT2D eigenvalue weighted by Gasteiger charge is 1.92. The Kier molecular flexibility index (Phi) is 0.867. The smallest absolute Gasteiger partial charge is 0.275 e. The molecule has 0 spiro atoms. The van der Waals surface area contributed by atoms with Crippen molar-refractivity contribution in [2.75, 3.05) is 11.5 Å². The van der Waals surface area contributed by atoms with Crippen molar-refractivity contribution in [1.82, 2.24) is 0 Å². The van der Waals surface area contributed by atoms with Gasteiger partial charge in [0, 0.05) is 0 Å². The van der Waals surface area contributed by atoms with E-state index in [1.54, 1.807) is 5.38 Å². The van der Waals surface area contributed by atoms with Gasteiger partial charge in [0.2, 0.25) is 5.82 Å². The monoisotopic (exact) mass is 116 g/mol. The van der Waals surface area contributed by atoms with E-state index < -0.39 is 0 Å². The fourth-order valence-electron chi connectivity index (χ4n) is 0.328. The van der Waals surface area contributed by atoms with Crippen molar-refractivity contribution in [3.05, 3.63) is 5.38 Å². The number of aromatic amines is 1. The van der Waals surface area contributed by atoms with E-state index in [9.17, 15) is 0 Å². The van der Waals surface area contributed by atoms with Crippen molar-refractivity contribution in [2.45, 2.75) is 0 Å². The molecule has 1 aromatic rings. The summed E-state index contributed by atoms with van der Waals surface area (Å²) in [6, 6.07) is 0. The Morgan fingerprint density at radius 1 is 1.57 bits per heavy atom. The molecule has 5 N–H and O–H groups in total. The van der Waals surface area contributed by atoms with Crippen molar-refractivity contribution in [1.29, 1.82) is 0 Å². The molecule has 38 valence electrons. The second-order valence-corrected chi connectivity index (χ2v) is 2.09. The topological polar surface area (TPSA) is 66.2 Å². The maximum atomic E-state index is 5.26. The summed E-state index contributed by atoms with van der Waals surface area (Å²) in [5.74, 6) is 0.627. The Morgan fingerprint density at radius 3 is 2.43 bits per heavy atom. The molecule has 0 aromatic carbocycles. The molecule has 1 heterocycles. The summed E-state index contributed by atoms with van der Waals surface area (Å²) in [7, 11) is 0. The first-order valence-electron chi connectivity index (χ1n) is 1.81. The van der Waals surface area contributed by atoms with Crippen LogP contribution in [0.2, 0.25) is 0 Å². The number of rotatable bonds is 0. The summed E-state index contributed by atoms with van der Waals surface area (Å²) in [6.45, 7) is 0. The third kappa shape index (κ3) is 0.806. The van der Waals surface area contributed by atoms with Gasteiger partial charge in [-0.2, -0.15) is 0 Å². The molecule has 0 aliphatic carbocycles. The lowest BCUT2D eigenvalue weighted by molar-refractivity contribution is -0.336. The van der Waals surface area contributed by atoms with Crippen molar-refractivity contribution in [3.63, 3.8) is 0 Å². The lowest BCUT2D eigenvalue weighted by atomic mass is 10.8. The van der Waals surface area contributed by atoms with Gasteiger partial charge in [0.15, 0.2) is 0 Å². The molecule has 1 rings (SSSR count). The molecule has 4 heteroatoms. The largest absolute Gasteiger partial charge is 0.318 e. The summed E-state index contributed by atoms with van der Waals surface area (Å²) in [5, 5.41) is 2.41. The number of aromatic nitrogens is 1. The molecule has 0 atom stereocenters. The molecule has 0 unspecified atom stereocenters. The second kappa shape index (κ2) is 1.38. The third-order valence-corrected chi connectivity index (χ3v) is 1.31. The van der Waals surface area contributed by atoms with Gasteiger partial charge in [-0.1, -0.05) is 11.3 Å². The highest BCUT2D eigenvalue weighted by Crippen LogP contribution is 2.04. The fraction of sp³-hybridized carbons (Fsp3) is 0. The van der Waals surface area contributed by atoms with Gasteiger partial charge >= 0.3 is 0 Å². The summed E-state index contributed by atoms with van der Waals surface area (Å²) in [5.41, 5.74) is 10.5. The van der Waals surface area contributed by atoms with E-state index in [2.05, 4.69) is 4.98 Å². The van der Waals surface area contributed by atoms with Crippen LogP contribution in [0.25, 0.3) is 0 Å². The summed E-state index contributed by atoms with van der Waals surface area (Å²) in [6.07, 6.45) is 0. The molecular weight excluding hydrogens is 110 g/mol. The zero-order valence-corrected chi connectivity index (χ0v) is 4.46. The van der Waals surface area contributed by atoms with E-state index in [1.165, 1.54) is 11.3 Å². The molecule has 0 amide bonds. The van der Waals surface area contributed by atoms with Crippen molar-refractivity contribution < 1.29 is 4.98 Å². The third-order valence-electron chi connectivity index (χ3n) is 0.580. The van der Waals surface area contributed by atoms with E-state index in [4.69, 9.17) is 11.5 Å². The van der Waals surface area contributed by atoms with Crippen LogP contribution in [0.4, 0.5) is 10.9 Å². The van der Waals surface area contributed by atoms with Crippen LogP contribution in [0.1, 0.15) is 0 Å². The van der Waals surface area contributed by atoms with Crippen molar-refractivity contribution in [2.24, 2.45) is 0 Å². The first-order valence-corrected chi connectivity index (χ1v) is 2.69. The maximum absolute atomic E-state index is 5.26. The lowest BCUT2D eigenvalue weighted by Gasteiger charge is -1.68. The number of nitrogen functional groups attached to an aromatic ring is 2.